The summed E-state index contributed by atoms with van der Waals surface area (Å²) in [6.07, 6.45) is 0. The molecule has 0 rings (SSSR count). The third-order valence-corrected chi connectivity index (χ3v) is 11.1. The summed E-state index contributed by atoms with van der Waals surface area (Å²) >= 11 is 4.46. The van der Waals surface area contributed by atoms with Gasteiger partial charge in [0.1, 0.15) is 0 Å². The van der Waals surface area contributed by atoms with Crippen LogP contribution < -0.4 is 0 Å². The van der Waals surface area contributed by atoms with Crippen molar-refractivity contribution in [2.75, 3.05) is 38.4 Å². The molecule has 0 aliphatic carbocycles. The molecule has 128 valence electrons. The van der Waals surface area contributed by atoms with Crippen LogP contribution >= 0.6 is 12.6 Å². The molecule has 0 aromatic heterocycles. The summed E-state index contributed by atoms with van der Waals surface area (Å²) in [6, 6.07) is 1.50. The highest BCUT2D eigenvalue weighted by Crippen LogP contribution is 2.26. The Balaban J connectivity index is 4.94. The summed E-state index contributed by atoms with van der Waals surface area (Å²) in [6.45, 7) is 12.9. The smallest absolute Gasteiger partial charge is 0.394 e. The maximum atomic E-state index is 5.94. The van der Waals surface area contributed by atoms with Crippen LogP contribution in [0.3, 0.4) is 0 Å². The van der Waals surface area contributed by atoms with Crippen LogP contribution in [0.4, 0.5) is 0 Å². The van der Waals surface area contributed by atoms with Crippen molar-refractivity contribution in [1.82, 2.24) is 0 Å². The van der Waals surface area contributed by atoms with Crippen molar-refractivity contribution in [3.05, 3.63) is 0 Å². The predicted octanol–water partition coefficient (Wildman–Crippen LogP) is 3.02. The van der Waals surface area contributed by atoms with E-state index in [1.54, 1.807) is 0 Å². The normalized spacial score (nSPS) is 12.9. The van der Waals surface area contributed by atoms with Crippen molar-refractivity contribution < 1.29 is 22.1 Å². The molecule has 0 fully saturated rings. The van der Waals surface area contributed by atoms with Crippen LogP contribution in [0.5, 0.6) is 0 Å². The monoisotopic (exact) mass is 356 g/mol. The zero-order valence-corrected chi connectivity index (χ0v) is 17.0. The topological polar surface area (TPSA) is 46.2 Å². The first-order chi connectivity index (χ1) is 10.1. The summed E-state index contributed by atoms with van der Waals surface area (Å²) in [5.41, 5.74) is 0. The Hall–Kier alpha value is 0.584. The van der Waals surface area contributed by atoms with Gasteiger partial charge < -0.3 is 22.1 Å². The van der Waals surface area contributed by atoms with E-state index in [2.05, 4.69) is 12.6 Å². The molecule has 0 unspecified atom stereocenters. The minimum atomic E-state index is -2.64. The first kappa shape index (κ1) is 21.6. The Morgan fingerprint density at radius 2 is 1.00 bits per heavy atom. The standard InChI is InChI=1S/C13H32O5SSi2/c1-6-14-20(13-19,15-7-2)11-12-21(16-8-3,17-9-4)18-10-5/h19H,6-13H2,1-5H3. The Labute approximate surface area is 137 Å². The van der Waals surface area contributed by atoms with Crippen molar-refractivity contribution in [3.63, 3.8) is 0 Å². The van der Waals surface area contributed by atoms with Crippen LogP contribution in [-0.4, -0.2) is 55.8 Å². The number of rotatable bonds is 14. The largest absolute Gasteiger partial charge is 0.500 e. The van der Waals surface area contributed by atoms with E-state index in [0.29, 0.717) is 38.4 Å². The highest BCUT2D eigenvalue weighted by molar-refractivity contribution is 7.82. The minimum Gasteiger partial charge on any atom is -0.394 e. The lowest BCUT2D eigenvalue weighted by Crippen LogP contribution is -2.51. The molecule has 0 saturated heterocycles. The van der Waals surface area contributed by atoms with E-state index in [4.69, 9.17) is 22.1 Å². The van der Waals surface area contributed by atoms with Gasteiger partial charge in [0.05, 0.1) is 0 Å². The summed E-state index contributed by atoms with van der Waals surface area (Å²) in [5.74, 6) is 0. The molecule has 0 heterocycles. The molecule has 0 bridgehead atoms. The molecule has 21 heavy (non-hydrogen) atoms. The van der Waals surface area contributed by atoms with Crippen molar-refractivity contribution in [3.8, 4) is 0 Å². The zero-order valence-electron chi connectivity index (χ0n) is 14.1. The molecular formula is C13H32O5SSi2. The average molecular weight is 357 g/mol. The molecule has 8 heteroatoms. The number of thiol groups is 1. The summed E-state index contributed by atoms with van der Waals surface area (Å²) < 4.78 is 29.6. The van der Waals surface area contributed by atoms with Crippen molar-refractivity contribution >= 4 is 30.0 Å². The van der Waals surface area contributed by atoms with Crippen molar-refractivity contribution in [2.24, 2.45) is 0 Å². The fourth-order valence-electron chi connectivity index (χ4n) is 2.23. The molecule has 0 atom stereocenters. The zero-order chi connectivity index (χ0) is 16.2. The minimum absolute atomic E-state index is 0.588. The van der Waals surface area contributed by atoms with Crippen LogP contribution in [0, 0.1) is 0 Å². The van der Waals surface area contributed by atoms with E-state index in [1.165, 1.54) is 0 Å². The second kappa shape index (κ2) is 12.1. The molecule has 0 aromatic carbocycles. The van der Waals surface area contributed by atoms with Gasteiger partial charge in [-0.25, -0.2) is 0 Å². The first-order valence-corrected chi connectivity index (χ1v) is 12.7. The molecule has 0 saturated carbocycles. The van der Waals surface area contributed by atoms with E-state index in [-0.39, 0.29) is 0 Å². The average Bonchev–Trinajstić information content (AvgIpc) is 2.46. The predicted molar refractivity (Wildman–Crippen MR) is 93.1 cm³/mol. The molecule has 0 amide bonds. The second-order valence-electron chi connectivity index (χ2n) is 4.42. The lowest BCUT2D eigenvalue weighted by molar-refractivity contribution is 0.0712. The van der Waals surface area contributed by atoms with E-state index in [0.717, 1.165) is 12.1 Å². The molecule has 0 aliphatic rings. The molecule has 0 aromatic rings. The van der Waals surface area contributed by atoms with Gasteiger partial charge in [0, 0.05) is 44.5 Å². The lowest BCUT2D eigenvalue weighted by Gasteiger charge is -2.33. The van der Waals surface area contributed by atoms with E-state index < -0.39 is 17.4 Å². The van der Waals surface area contributed by atoms with Crippen LogP contribution in [-0.2, 0) is 22.1 Å². The van der Waals surface area contributed by atoms with Crippen LogP contribution in [0.1, 0.15) is 34.6 Å². The lowest BCUT2D eigenvalue weighted by atomic mass is 10.9. The summed E-state index contributed by atoms with van der Waals surface area (Å²) in [7, 11) is -4.95. The van der Waals surface area contributed by atoms with Crippen LogP contribution in [0.2, 0.25) is 12.1 Å². The molecule has 0 N–H and O–H groups in total. The van der Waals surface area contributed by atoms with Gasteiger partial charge in [-0.05, 0) is 40.7 Å². The third kappa shape index (κ3) is 7.60. The van der Waals surface area contributed by atoms with Gasteiger partial charge in [0.25, 0.3) is 0 Å². The Morgan fingerprint density at radius 3 is 1.29 bits per heavy atom. The molecule has 0 aliphatic heterocycles. The maximum Gasteiger partial charge on any atom is 0.500 e. The van der Waals surface area contributed by atoms with Crippen LogP contribution in [0.15, 0.2) is 0 Å². The number of hydrogen-bond acceptors (Lipinski definition) is 6. The fourth-order valence-corrected chi connectivity index (χ4v) is 9.77. The second-order valence-corrected chi connectivity index (χ2v) is 11.3. The van der Waals surface area contributed by atoms with Crippen LogP contribution in [0.25, 0.3) is 0 Å². The van der Waals surface area contributed by atoms with Gasteiger partial charge in [0.15, 0.2) is 0 Å². The quantitative estimate of drug-likeness (QED) is 0.383. The van der Waals surface area contributed by atoms with Gasteiger partial charge in [-0.15, -0.1) is 0 Å². The van der Waals surface area contributed by atoms with E-state index >= 15 is 0 Å². The van der Waals surface area contributed by atoms with E-state index in [9.17, 15) is 0 Å². The van der Waals surface area contributed by atoms with Gasteiger partial charge in [-0.3, -0.25) is 0 Å². The van der Waals surface area contributed by atoms with Gasteiger partial charge in [0.2, 0.25) is 0 Å². The van der Waals surface area contributed by atoms with Gasteiger partial charge in [-0.1, -0.05) is 0 Å². The highest BCUT2D eigenvalue weighted by atomic mass is 32.1. The summed E-state index contributed by atoms with van der Waals surface area (Å²) in [4.78, 5) is 0. The van der Waals surface area contributed by atoms with Gasteiger partial charge >= 0.3 is 17.4 Å². The molecule has 0 spiro atoms. The number of hydrogen-bond donors (Lipinski definition) is 1. The first-order valence-electron chi connectivity index (χ1n) is 7.88. The summed E-state index contributed by atoms with van der Waals surface area (Å²) in [5, 5.41) is 0.629. The van der Waals surface area contributed by atoms with Gasteiger partial charge in [-0.2, -0.15) is 12.6 Å². The molecular weight excluding hydrogens is 324 g/mol. The Bertz CT molecular complexity index is 236. The Kier molecular flexibility index (Phi) is 12.4. The SMILES string of the molecule is CCO[Si](CS)(CC[Si](OCC)(OCC)OCC)OCC. The van der Waals surface area contributed by atoms with Crippen molar-refractivity contribution in [2.45, 2.75) is 46.7 Å². The highest BCUT2D eigenvalue weighted by Gasteiger charge is 2.46. The molecule has 0 radical (unpaired) electrons. The Morgan fingerprint density at radius 1 is 0.619 bits per heavy atom. The maximum absolute atomic E-state index is 5.94. The van der Waals surface area contributed by atoms with Crippen molar-refractivity contribution in [1.29, 1.82) is 0 Å². The third-order valence-electron chi connectivity index (χ3n) is 2.96. The molecule has 5 nitrogen and oxygen atoms in total. The fraction of sp³-hybridized carbons (Fsp3) is 1.00. The van der Waals surface area contributed by atoms with E-state index in [1.807, 2.05) is 34.6 Å².